The third-order valence-corrected chi connectivity index (χ3v) is 6.19. The zero-order chi connectivity index (χ0) is 20.1. The van der Waals surface area contributed by atoms with Crippen molar-refractivity contribution in [1.29, 1.82) is 0 Å². The highest BCUT2D eigenvalue weighted by Gasteiger charge is 2.40. The highest BCUT2D eigenvalue weighted by molar-refractivity contribution is 7.15. The van der Waals surface area contributed by atoms with Gasteiger partial charge >= 0.3 is 0 Å². The van der Waals surface area contributed by atoms with E-state index >= 15 is 0 Å². The van der Waals surface area contributed by atoms with E-state index in [2.05, 4.69) is 40.9 Å². The molecule has 0 N–H and O–H groups in total. The first-order valence-corrected chi connectivity index (χ1v) is 10.3. The van der Waals surface area contributed by atoms with Gasteiger partial charge in [0.1, 0.15) is 10.8 Å². The Hall–Kier alpha value is -2.42. The van der Waals surface area contributed by atoms with Crippen LogP contribution in [0.5, 0.6) is 0 Å². The molecular weight excluding hydrogens is 376 g/mol. The number of fused-ring (bicyclic) bond motifs is 1. The monoisotopic (exact) mass is 400 g/mol. The number of hydrogen-bond acceptors (Lipinski definition) is 7. The van der Waals surface area contributed by atoms with E-state index in [1.165, 1.54) is 11.3 Å². The van der Waals surface area contributed by atoms with Crippen LogP contribution < -0.4 is 4.90 Å². The number of rotatable bonds is 3. The summed E-state index contributed by atoms with van der Waals surface area (Å²) in [6, 6.07) is 0. The number of anilines is 1. The van der Waals surface area contributed by atoms with Gasteiger partial charge in [-0.1, -0.05) is 39.0 Å². The van der Waals surface area contributed by atoms with Crippen molar-refractivity contribution in [2.45, 2.75) is 59.0 Å². The minimum absolute atomic E-state index is 0.00797. The summed E-state index contributed by atoms with van der Waals surface area (Å²) < 4.78 is 0. The van der Waals surface area contributed by atoms with Crippen LogP contribution in [0.15, 0.2) is 6.20 Å². The lowest BCUT2D eigenvalue weighted by Crippen LogP contribution is -2.34. The van der Waals surface area contributed by atoms with Crippen molar-refractivity contribution in [2.75, 3.05) is 11.4 Å². The number of nitrogens with zero attached hydrogens (tertiary/aromatic N) is 6. The van der Waals surface area contributed by atoms with Gasteiger partial charge in [-0.25, -0.2) is 9.97 Å². The Kier molecular flexibility index (Phi) is 4.65. The first-order chi connectivity index (χ1) is 13.3. The summed E-state index contributed by atoms with van der Waals surface area (Å²) >= 11 is 1.41. The molecule has 1 unspecified atom stereocenters. The molecule has 2 aliphatic rings. The minimum Gasteiger partial charge on any atom is -0.332 e. The van der Waals surface area contributed by atoms with Crippen LogP contribution in [0.3, 0.4) is 0 Å². The van der Waals surface area contributed by atoms with E-state index in [0.717, 1.165) is 28.5 Å². The minimum atomic E-state index is -0.356. The van der Waals surface area contributed by atoms with Gasteiger partial charge in [-0.3, -0.25) is 14.5 Å². The van der Waals surface area contributed by atoms with Crippen LogP contribution in [-0.4, -0.2) is 43.4 Å². The Morgan fingerprint density at radius 1 is 1.29 bits per heavy atom. The fourth-order valence-electron chi connectivity index (χ4n) is 3.48. The molecule has 0 radical (unpaired) electrons. The van der Waals surface area contributed by atoms with Crippen molar-refractivity contribution >= 4 is 28.3 Å². The average Bonchev–Trinajstić information content (AvgIpc) is 3.36. The first kappa shape index (κ1) is 18.9. The summed E-state index contributed by atoms with van der Waals surface area (Å²) in [5.41, 5.74) is 1.76. The zero-order valence-electron chi connectivity index (χ0n) is 16.6. The summed E-state index contributed by atoms with van der Waals surface area (Å²) in [5, 5.41) is 9.66. The van der Waals surface area contributed by atoms with Crippen molar-refractivity contribution < 1.29 is 9.59 Å². The van der Waals surface area contributed by atoms with Crippen molar-refractivity contribution in [3.8, 4) is 0 Å². The molecule has 0 aromatic carbocycles. The molecule has 0 aliphatic carbocycles. The number of aromatic nitrogens is 4. The molecular formula is C19H24N6O2S. The van der Waals surface area contributed by atoms with Gasteiger partial charge in [0.25, 0.3) is 0 Å². The van der Waals surface area contributed by atoms with Crippen LogP contribution in [0.25, 0.3) is 0 Å². The number of hydrogen-bond donors (Lipinski definition) is 0. The smallest absolute Gasteiger partial charge is 0.229 e. The molecule has 0 saturated carbocycles. The normalized spacial score (nSPS) is 19.4. The van der Waals surface area contributed by atoms with E-state index in [4.69, 9.17) is 0 Å². The fourth-order valence-corrected chi connectivity index (χ4v) is 4.29. The Morgan fingerprint density at radius 3 is 2.75 bits per heavy atom. The van der Waals surface area contributed by atoms with Crippen molar-refractivity contribution in [3.63, 3.8) is 0 Å². The van der Waals surface area contributed by atoms with Crippen LogP contribution in [0, 0.1) is 5.92 Å². The Labute approximate surface area is 168 Å². The Bertz CT molecular complexity index is 935. The Morgan fingerprint density at radius 2 is 2.07 bits per heavy atom. The van der Waals surface area contributed by atoms with Gasteiger partial charge in [-0.15, -0.1) is 10.2 Å². The van der Waals surface area contributed by atoms with Crippen LogP contribution in [0.4, 0.5) is 5.13 Å². The molecule has 4 rings (SSSR count). The maximum atomic E-state index is 13.0. The molecule has 1 fully saturated rings. The molecule has 0 spiro atoms. The zero-order valence-corrected chi connectivity index (χ0v) is 17.4. The maximum absolute atomic E-state index is 13.0. The highest BCUT2D eigenvalue weighted by atomic mass is 32.1. The lowest BCUT2D eigenvalue weighted by Gasteiger charge is -2.19. The molecule has 148 valence electrons. The van der Waals surface area contributed by atoms with Gasteiger partial charge in [0.2, 0.25) is 16.9 Å². The highest BCUT2D eigenvalue weighted by Crippen LogP contribution is 2.31. The molecule has 2 amide bonds. The van der Waals surface area contributed by atoms with Crippen molar-refractivity contribution in [2.24, 2.45) is 5.92 Å². The van der Waals surface area contributed by atoms with Crippen LogP contribution in [0.2, 0.25) is 0 Å². The number of carbonyl (C=O) groups is 2. The van der Waals surface area contributed by atoms with Crippen LogP contribution in [-0.2, 0) is 34.5 Å². The molecule has 28 heavy (non-hydrogen) atoms. The summed E-state index contributed by atoms with van der Waals surface area (Å²) in [7, 11) is 0. The van der Waals surface area contributed by atoms with Gasteiger partial charge in [0.15, 0.2) is 0 Å². The largest absolute Gasteiger partial charge is 0.332 e. The quantitative estimate of drug-likeness (QED) is 0.783. The molecule has 1 atom stereocenters. The lowest BCUT2D eigenvalue weighted by molar-refractivity contribution is -0.136. The number of aryl methyl sites for hydroxylation is 1. The second-order valence-electron chi connectivity index (χ2n) is 8.35. The predicted octanol–water partition coefficient (Wildman–Crippen LogP) is 2.08. The van der Waals surface area contributed by atoms with E-state index in [9.17, 15) is 9.59 Å². The van der Waals surface area contributed by atoms with Crippen molar-refractivity contribution in [1.82, 2.24) is 25.1 Å². The Balaban J connectivity index is 1.46. The summed E-state index contributed by atoms with van der Waals surface area (Å²) in [6.07, 6.45) is 2.83. The van der Waals surface area contributed by atoms with Crippen LogP contribution >= 0.6 is 11.3 Å². The van der Waals surface area contributed by atoms with E-state index in [0.29, 0.717) is 24.8 Å². The van der Waals surface area contributed by atoms with E-state index < -0.39 is 0 Å². The number of amides is 2. The third-order valence-electron chi connectivity index (χ3n) is 5.10. The molecule has 4 heterocycles. The average molecular weight is 401 g/mol. The molecule has 1 saturated heterocycles. The van der Waals surface area contributed by atoms with Gasteiger partial charge < -0.3 is 4.90 Å². The van der Waals surface area contributed by atoms with Crippen molar-refractivity contribution in [3.05, 3.63) is 28.3 Å². The predicted molar refractivity (Wildman–Crippen MR) is 105 cm³/mol. The van der Waals surface area contributed by atoms with Gasteiger partial charge in [-0.2, -0.15) is 0 Å². The standard InChI is InChI=1S/C19H24N6O2S/c1-5-14-22-23-18(28-14)25-9-11(6-15(25)26)16(27)24-8-12-7-20-17(19(2,3)4)21-13(12)10-24/h7,11H,5-6,8-10H2,1-4H3. The first-order valence-electron chi connectivity index (χ1n) is 9.53. The van der Waals surface area contributed by atoms with Gasteiger partial charge in [0.05, 0.1) is 18.2 Å². The van der Waals surface area contributed by atoms with E-state index in [1.807, 2.05) is 13.1 Å². The second-order valence-corrected chi connectivity index (χ2v) is 9.39. The molecule has 0 bridgehead atoms. The third kappa shape index (κ3) is 3.39. The summed E-state index contributed by atoms with van der Waals surface area (Å²) in [4.78, 5) is 38.0. The molecule has 2 aromatic rings. The summed E-state index contributed by atoms with van der Waals surface area (Å²) in [6.45, 7) is 9.56. The van der Waals surface area contributed by atoms with Gasteiger partial charge in [-0.05, 0) is 6.42 Å². The molecule has 9 heteroatoms. The molecule has 2 aliphatic heterocycles. The maximum Gasteiger partial charge on any atom is 0.229 e. The van der Waals surface area contributed by atoms with Gasteiger partial charge in [0, 0.05) is 36.7 Å². The summed E-state index contributed by atoms with van der Waals surface area (Å²) in [5.74, 6) is 0.353. The van der Waals surface area contributed by atoms with E-state index in [1.54, 1.807) is 9.80 Å². The number of carbonyl (C=O) groups excluding carboxylic acids is 2. The van der Waals surface area contributed by atoms with Crippen LogP contribution in [0.1, 0.15) is 56.2 Å². The van der Waals surface area contributed by atoms with E-state index in [-0.39, 0.29) is 29.6 Å². The fraction of sp³-hybridized carbons (Fsp3) is 0.579. The molecule has 8 nitrogen and oxygen atoms in total. The lowest BCUT2D eigenvalue weighted by atomic mass is 9.95. The topological polar surface area (TPSA) is 92.2 Å². The second kappa shape index (κ2) is 6.88. The SMILES string of the molecule is CCc1nnc(N2CC(C(=O)N3Cc4cnc(C(C)(C)C)nc4C3)CC2=O)s1. The molecule has 2 aromatic heterocycles.